The van der Waals surface area contributed by atoms with E-state index in [1.807, 2.05) is 0 Å². The first-order chi connectivity index (χ1) is 8.90. The first-order valence-electron chi connectivity index (χ1n) is 6.16. The standard InChI is InChI=1S/C12H18N4O2S/c1-2-12(3-4-12)5-16-11-6(9(14)17)7(13)8(19-11)10(15)18/h16H,2-5,13H2,1H3,(H2,14,17)(H2,15,18). The van der Waals surface area contributed by atoms with Crippen molar-refractivity contribution in [2.75, 3.05) is 17.6 Å². The topological polar surface area (TPSA) is 124 Å². The zero-order valence-electron chi connectivity index (χ0n) is 10.8. The van der Waals surface area contributed by atoms with Crippen molar-refractivity contribution in [1.82, 2.24) is 0 Å². The van der Waals surface area contributed by atoms with Crippen LogP contribution in [0.2, 0.25) is 0 Å². The maximum absolute atomic E-state index is 11.4. The lowest BCUT2D eigenvalue weighted by atomic mass is 10.0. The molecule has 1 heterocycles. The Morgan fingerprint density at radius 2 is 1.95 bits per heavy atom. The van der Waals surface area contributed by atoms with Crippen molar-refractivity contribution in [3.05, 3.63) is 10.4 Å². The van der Waals surface area contributed by atoms with Gasteiger partial charge in [0.1, 0.15) is 9.88 Å². The molecule has 2 amide bonds. The molecule has 19 heavy (non-hydrogen) atoms. The zero-order chi connectivity index (χ0) is 14.2. The third kappa shape index (κ3) is 2.51. The van der Waals surface area contributed by atoms with Crippen molar-refractivity contribution in [1.29, 1.82) is 0 Å². The molecule has 0 radical (unpaired) electrons. The first kappa shape index (κ1) is 13.7. The van der Waals surface area contributed by atoms with E-state index in [2.05, 4.69) is 12.2 Å². The van der Waals surface area contributed by atoms with Gasteiger partial charge in [-0.15, -0.1) is 11.3 Å². The van der Waals surface area contributed by atoms with Crippen molar-refractivity contribution in [2.45, 2.75) is 26.2 Å². The lowest BCUT2D eigenvalue weighted by Gasteiger charge is -2.13. The average Bonchev–Trinajstić information content (AvgIpc) is 3.04. The largest absolute Gasteiger partial charge is 0.397 e. The Kier molecular flexibility index (Phi) is 3.40. The van der Waals surface area contributed by atoms with E-state index >= 15 is 0 Å². The normalized spacial score (nSPS) is 16.1. The minimum absolute atomic E-state index is 0.0776. The number of rotatable bonds is 6. The van der Waals surface area contributed by atoms with Crippen LogP contribution >= 0.6 is 11.3 Å². The van der Waals surface area contributed by atoms with Crippen LogP contribution in [0.25, 0.3) is 0 Å². The third-order valence-corrected chi connectivity index (χ3v) is 4.92. The molecule has 0 bridgehead atoms. The number of hydrogen-bond donors (Lipinski definition) is 4. The number of anilines is 2. The van der Waals surface area contributed by atoms with E-state index in [9.17, 15) is 9.59 Å². The molecular weight excluding hydrogens is 264 g/mol. The molecule has 2 rings (SSSR count). The van der Waals surface area contributed by atoms with Crippen LogP contribution < -0.4 is 22.5 Å². The summed E-state index contributed by atoms with van der Waals surface area (Å²) < 4.78 is 0. The summed E-state index contributed by atoms with van der Waals surface area (Å²) in [5.41, 5.74) is 16.9. The molecule has 0 spiro atoms. The summed E-state index contributed by atoms with van der Waals surface area (Å²) in [7, 11) is 0. The molecule has 0 aromatic carbocycles. The second kappa shape index (κ2) is 4.73. The minimum Gasteiger partial charge on any atom is -0.397 e. The fourth-order valence-corrected chi connectivity index (χ4v) is 3.07. The van der Waals surface area contributed by atoms with Crippen LogP contribution in [0.15, 0.2) is 0 Å². The quantitative estimate of drug-likeness (QED) is 0.624. The highest BCUT2D eigenvalue weighted by atomic mass is 32.1. The molecule has 0 aliphatic heterocycles. The molecule has 0 saturated heterocycles. The molecule has 1 fully saturated rings. The van der Waals surface area contributed by atoms with Crippen LogP contribution in [0.1, 0.15) is 46.2 Å². The highest BCUT2D eigenvalue weighted by Gasteiger charge is 2.40. The van der Waals surface area contributed by atoms with Crippen molar-refractivity contribution < 1.29 is 9.59 Å². The molecule has 7 N–H and O–H groups in total. The summed E-state index contributed by atoms with van der Waals surface area (Å²) >= 11 is 1.09. The Hall–Kier alpha value is -1.76. The van der Waals surface area contributed by atoms with Gasteiger partial charge in [-0.25, -0.2) is 0 Å². The molecule has 1 aliphatic rings. The zero-order valence-corrected chi connectivity index (χ0v) is 11.6. The van der Waals surface area contributed by atoms with Gasteiger partial charge in [-0.2, -0.15) is 0 Å². The van der Waals surface area contributed by atoms with Gasteiger partial charge >= 0.3 is 0 Å². The summed E-state index contributed by atoms with van der Waals surface area (Å²) in [5, 5.41) is 3.73. The van der Waals surface area contributed by atoms with E-state index < -0.39 is 11.8 Å². The monoisotopic (exact) mass is 282 g/mol. The summed E-state index contributed by atoms with van der Waals surface area (Å²) in [6, 6.07) is 0. The van der Waals surface area contributed by atoms with Crippen molar-refractivity contribution in [3.63, 3.8) is 0 Å². The van der Waals surface area contributed by atoms with Gasteiger partial charge in [0.05, 0.1) is 11.3 Å². The molecule has 7 heteroatoms. The van der Waals surface area contributed by atoms with Crippen molar-refractivity contribution >= 4 is 33.8 Å². The van der Waals surface area contributed by atoms with Gasteiger partial charge in [0.2, 0.25) is 0 Å². The Labute approximate surface area is 115 Å². The number of nitrogen functional groups attached to an aromatic ring is 1. The number of amides is 2. The van der Waals surface area contributed by atoms with Crippen LogP contribution in [0.3, 0.4) is 0 Å². The smallest absolute Gasteiger partial charge is 0.260 e. The minimum atomic E-state index is -0.648. The fraction of sp³-hybridized carbons (Fsp3) is 0.500. The Morgan fingerprint density at radius 3 is 2.37 bits per heavy atom. The van der Waals surface area contributed by atoms with E-state index in [-0.39, 0.29) is 16.1 Å². The van der Waals surface area contributed by atoms with Gasteiger partial charge in [-0.1, -0.05) is 6.92 Å². The molecular formula is C12H18N4O2S. The third-order valence-electron chi connectivity index (χ3n) is 3.75. The predicted molar refractivity (Wildman–Crippen MR) is 76.2 cm³/mol. The van der Waals surface area contributed by atoms with Gasteiger partial charge in [-0.3, -0.25) is 9.59 Å². The summed E-state index contributed by atoms with van der Waals surface area (Å²) in [6.45, 7) is 2.89. The summed E-state index contributed by atoms with van der Waals surface area (Å²) in [5.74, 6) is -1.29. The summed E-state index contributed by atoms with van der Waals surface area (Å²) in [6.07, 6.45) is 3.42. The van der Waals surface area contributed by atoms with Crippen molar-refractivity contribution in [3.8, 4) is 0 Å². The molecule has 1 aromatic rings. The van der Waals surface area contributed by atoms with Gasteiger partial charge in [0.15, 0.2) is 0 Å². The van der Waals surface area contributed by atoms with Crippen LogP contribution in [-0.2, 0) is 0 Å². The maximum atomic E-state index is 11.4. The summed E-state index contributed by atoms with van der Waals surface area (Å²) in [4.78, 5) is 22.9. The van der Waals surface area contributed by atoms with Gasteiger partial charge in [0, 0.05) is 6.54 Å². The molecule has 104 valence electrons. The van der Waals surface area contributed by atoms with Gasteiger partial charge < -0.3 is 22.5 Å². The maximum Gasteiger partial charge on any atom is 0.260 e. The second-order valence-corrected chi connectivity index (χ2v) is 6.01. The molecule has 1 aliphatic carbocycles. The second-order valence-electron chi connectivity index (χ2n) is 4.98. The van der Waals surface area contributed by atoms with Crippen LogP contribution in [-0.4, -0.2) is 18.4 Å². The highest BCUT2D eigenvalue weighted by Crippen LogP contribution is 2.49. The van der Waals surface area contributed by atoms with Crippen LogP contribution in [0, 0.1) is 5.41 Å². The number of carbonyl (C=O) groups is 2. The molecule has 0 atom stereocenters. The average molecular weight is 282 g/mol. The van der Waals surface area contributed by atoms with E-state index in [1.165, 1.54) is 12.8 Å². The van der Waals surface area contributed by atoms with E-state index in [0.29, 0.717) is 10.4 Å². The van der Waals surface area contributed by atoms with Gasteiger partial charge in [0.25, 0.3) is 11.8 Å². The number of thiophene rings is 1. The lowest BCUT2D eigenvalue weighted by Crippen LogP contribution is -2.18. The number of hydrogen-bond acceptors (Lipinski definition) is 5. The molecule has 0 unspecified atom stereocenters. The number of carbonyl (C=O) groups excluding carboxylic acids is 2. The van der Waals surface area contributed by atoms with E-state index in [0.717, 1.165) is 24.3 Å². The van der Waals surface area contributed by atoms with Gasteiger partial charge in [-0.05, 0) is 24.7 Å². The fourth-order valence-electron chi connectivity index (χ4n) is 2.10. The Balaban J connectivity index is 2.26. The lowest BCUT2D eigenvalue weighted by molar-refractivity contribution is 0.0999. The predicted octanol–water partition coefficient (Wildman–Crippen LogP) is 1.13. The Bertz CT molecular complexity index is 534. The van der Waals surface area contributed by atoms with Crippen LogP contribution in [0.5, 0.6) is 0 Å². The van der Waals surface area contributed by atoms with E-state index in [1.54, 1.807) is 0 Å². The van der Waals surface area contributed by atoms with Crippen LogP contribution in [0.4, 0.5) is 10.7 Å². The first-order valence-corrected chi connectivity index (χ1v) is 6.97. The number of nitrogens with one attached hydrogen (secondary N) is 1. The molecule has 1 aromatic heterocycles. The number of nitrogens with two attached hydrogens (primary N) is 3. The molecule has 1 saturated carbocycles. The number of primary amides is 2. The van der Waals surface area contributed by atoms with E-state index in [4.69, 9.17) is 17.2 Å². The SMILES string of the molecule is CCC1(CNc2sc(C(N)=O)c(N)c2C(N)=O)CC1. The Morgan fingerprint density at radius 1 is 1.32 bits per heavy atom. The highest BCUT2D eigenvalue weighted by molar-refractivity contribution is 7.19. The van der Waals surface area contributed by atoms with Crippen molar-refractivity contribution in [2.24, 2.45) is 16.9 Å². The molecule has 6 nitrogen and oxygen atoms in total.